The van der Waals surface area contributed by atoms with Gasteiger partial charge in [0.15, 0.2) is 5.54 Å². The molecule has 37 heavy (non-hydrogen) atoms. The van der Waals surface area contributed by atoms with Crippen LogP contribution in [-0.2, 0) is 25.1 Å². The molecule has 0 aliphatic rings. The molecule has 2 atom stereocenters. The molecular formula is C29H27BrN2O4S. The van der Waals surface area contributed by atoms with Gasteiger partial charge in [0.05, 0.1) is 18.0 Å². The molecule has 4 aromatic rings. The number of aryl methyl sites for hydroxylation is 1. The van der Waals surface area contributed by atoms with Crippen molar-refractivity contribution in [2.45, 2.75) is 23.4 Å². The molecule has 0 unspecified atom stereocenters. The lowest BCUT2D eigenvalue weighted by Gasteiger charge is -2.40. The van der Waals surface area contributed by atoms with Crippen molar-refractivity contribution in [2.75, 3.05) is 12.4 Å². The lowest BCUT2D eigenvalue weighted by atomic mass is 9.79. The molecule has 0 amide bonds. The minimum atomic E-state index is -4.07. The van der Waals surface area contributed by atoms with E-state index < -0.39 is 27.6 Å². The summed E-state index contributed by atoms with van der Waals surface area (Å²) in [5.41, 5.74) is 0.987. The van der Waals surface area contributed by atoms with E-state index in [4.69, 9.17) is 4.74 Å². The van der Waals surface area contributed by atoms with Gasteiger partial charge in [-0.3, -0.25) is 0 Å². The van der Waals surface area contributed by atoms with Crippen LogP contribution < -0.4 is 10.0 Å². The molecule has 0 saturated heterocycles. The lowest BCUT2D eigenvalue weighted by Crippen LogP contribution is -2.54. The normalized spacial score (nSPS) is 13.8. The molecule has 0 radical (unpaired) electrons. The first-order valence-electron chi connectivity index (χ1n) is 11.6. The summed E-state index contributed by atoms with van der Waals surface area (Å²) in [6, 6.07) is 30.8. The van der Waals surface area contributed by atoms with Gasteiger partial charge in [-0.1, -0.05) is 94.3 Å². The fourth-order valence-electron chi connectivity index (χ4n) is 4.21. The number of para-hydroxylation sites is 1. The van der Waals surface area contributed by atoms with Crippen LogP contribution in [0.15, 0.2) is 119 Å². The molecule has 6 nitrogen and oxygen atoms in total. The highest BCUT2D eigenvalue weighted by Crippen LogP contribution is 2.41. The van der Waals surface area contributed by atoms with E-state index in [1.165, 1.54) is 7.11 Å². The van der Waals surface area contributed by atoms with Crippen LogP contribution in [0, 0.1) is 6.92 Å². The van der Waals surface area contributed by atoms with E-state index in [0.717, 1.165) is 10.0 Å². The second-order valence-corrected chi connectivity index (χ2v) is 11.2. The zero-order valence-corrected chi connectivity index (χ0v) is 22.8. The van der Waals surface area contributed by atoms with Crippen LogP contribution in [0.25, 0.3) is 0 Å². The number of carbonyl (C=O) groups excluding carboxylic acids is 1. The van der Waals surface area contributed by atoms with Crippen molar-refractivity contribution >= 4 is 37.6 Å². The first kappa shape index (κ1) is 26.6. The molecule has 0 aromatic heterocycles. The quantitative estimate of drug-likeness (QED) is 0.239. The van der Waals surface area contributed by atoms with E-state index in [0.29, 0.717) is 16.8 Å². The van der Waals surface area contributed by atoms with Crippen molar-refractivity contribution in [3.8, 4) is 0 Å². The minimum absolute atomic E-state index is 0.0896. The Morgan fingerprint density at radius 2 is 1.41 bits per heavy atom. The predicted octanol–water partition coefficient (Wildman–Crippen LogP) is 5.96. The van der Waals surface area contributed by atoms with E-state index in [9.17, 15) is 13.2 Å². The molecule has 4 aromatic carbocycles. The molecule has 2 N–H and O–H groups in total. The van der Waals surface area contributed by atoms with Crippen molar-refractivity contribution in [2.24, 2.45) is 0 Å². The Kier molecular flexibility index (Phi) is 8.12. The number of halogens is 1. The van der Waals surface area contributed by atoms with Gasteiger partial charge < -0.3 is 10.1 Å². The van der Waals surface area contributed by atoms with E-state index >= 15 is 0 Å². The third-order valence-corrected chi connectivity index (χ3v) is 8.06. The Morgan fingerprint density at radius 1 is 0.838 bits per heavy atom. The van der Waals surface area contributed by atoms with Gasteiger partial charge in [-0.2, -0.15) is 0 Å². The summed E-state index contributed by atoms with van der Waals surface area (Å²) < 4.78 is 36.5. The number of rotatable bonds is 9. The molecule has 0 aliphatic heterocycles. The fraction of sp³-hybridized carbons (Fsp3) is 0.138. The van der Waals surface area contributed by atoms with E-state index in [1.54, 1.807) is 72.8 Å². The second kappa shape index (κ2) is 11.3. The number of carbonyl (C=O) groups is 1. The van der Waals surface area contributed by atoms with Crippen LogP contribution in [0.1, 0.15) is 22.7 Å². The highest BCUT2D eigenvalue weighted by molar-refractivity contribution is 9.10. The Balaban J connectivity index is 1.98. The van der Waals surface area contributed by atoms with Crippen molar-refractivity contribution < 1.29 is 17.9 Å². The second-order valence-electron chi connectivity index (χ2n) is 8.58. The summed E-state index contributed by atoms with van der Waals surface area (Å²) in [4.78, 5) is 13.9. The number of ether oxygens (including phenoxy) is 1. The predicted molar refractivity (Wildman–Crippen MR) is 149 cm³/mol. The highest BCUT2D eigenvalue weighted by atomic mass is 79.9. The van der Waals surface area contributed by atoms with E-state index in [1.807, 2.05) is 43.3 Å². The van der Waals surface area contributed by atoms with Gasteiger partial charge in [0.1, 0.15) is 0 Å². The summed E-state index contributed by atoms with van der Waals surface area (Å²) >= 11 is 3.45. The third kappa shape index (κ3) is 5.77. The molecule has 190 valence electrons. The Labute approximate surface area is 225 Å². The SMILES string of the molecule is COC(=O)[C@](Nc1ccccc1)(c1ccccc1)[C@@H](NS(=O)(=O)c1ccc(C)cc1)c1ccc(Br)cc1. The zero-order valence-electron chi connectivity index (χ0n) is 20.4. The number of methoxy groups -OCH3 is 1. The monoisotopic (exact) mass is 578 g/mol. The van der Waals surface area contributed by atoms with Gasteiger partial charge in [0.25, 0.3) is 0 Å². The van der Waals surface area contributed by atoms with Crippen molar-refractivity contribution in [3.05, 3.63) is 130 Å². The topological polar surface area (TPSA) is 84.5 Å². The molecule has 0 fully saturated rings. The van der Waals surface area contributed by atoms with Crippen molar-refractivity contribution in [3.63, 3.8) is 0 Å². The van der Waals surface area contributed by atoms with Gasteiger partial charge in [-0.05, 0) is 54.4 Å². The summed E-state index contributed by atoms with van der Waals surface area (Å²) in [5.74, 6) is -0.651. The number of nitrogens with one attached hydrogen (secondary N) is 2. The van der Waals surface area contributed by atoms with Crippen LogP contribution in [-0.4, -0.2) is 21.5 Å². The first-order valence-corrected chi connectivity index (χ1v) is 13.9. The maximum atomic E-state index is 13.9. The summed E-state index contributed by atoms with van der Waals surface area (Å²) in [5, 5.41) is 3.34. The number of benzene rings is 4. The Morgan fingerprint density at radius 3 is 1.97 bits per heavy atom. The smallest absolute Gasteiger partial charge is 0.338 e. The summed E-state index contributed by atoms with van der Waals surface area (Å²) in [7, 11) is -2.78. The van der Waals surface area contributed by atoms with Crippen LogP contribution in [0.2, 0.25) is 0 Å². The fourth-order valence-corrected chi connectivity index (χ4v) is 5.73. The number of hydrogen-bond donors (Lipinski definition) is 2. The molecular weight excluding hydrogens is 552 g/mol. The van der Waals surface area contributed by atoms with Crippen molar-refractivity contribution in [1.29, 1.82) is 0 Å². The van der Waals surface area contributed by atoms with Gasteiger partial charge >= 0.3 is 5.97 Å². The number of hydrogen-bond acceptors (Lipinski definition) is 5. The summed E-state index contributed by atoms with van der Waals surface area (Å²) in [6.45, 7) is 1.88. The maximum absolute atomic E-state index is 13.9. The molecule has 0 spiro atoms. The molecule has 4 rings (SSSR count). The molecule has 0 bridgehead atoms. The maximum Gasteiger partial charge on any atom is 0.338 e. The third-order valence-electron chi connectivity index (χ3n) is 6.09. The van der Waals surface area contributed by atoms with Gasteiger partial charge in [-0.25, -0.2) is 17.9 Å². The average Bonchev–Trinajstić information content (AvgIpc) is 2.92. The average molecular weight is 580 g/mol. The van der Waals surface area contributed by atoms with Crippen molar-refractivity contribution in [1.82, 2.24) is 4.72 Å². The standard InChI is InChI=1S/C29H27BrN2O4S/c1-21-13-19-26(20-14-21)37(34,35)32-27(22-15-17-24(30)18-16-22)29(28(33)36-2,23-9-5-3-6-10-23)31-25-11-7-4-8-12-25/h3-20,27,31-32H,1-2H3/t27-,29-/m0/s1. The Hall–Kier alpha value is -3.46. The van der Waals surface area contributed by atoms with Gasteiger partial charge in [0.2, 0.25) is 10.0 Å². The van der Waals surface area contributed by atoms with E-state index in [2.05, 4.69) is 26.0 Å². The van der Waals surface area contributed by atoms with Crippen LogP contribution in [0.5, 0.6) is 0 Å². The highest BCUT2D eigenvalue weighted by Gasteiger charge is 2.51. The van der Waals surface area contributed by atoms with Crippen LogP contribution >= 0.6 is 15.9 Å². The minimum Gasteiger partial charge on any atom is -0.467 e. The first-order chi connectivity index (χ1) is 17.8. The molecule has 0 aliphatic carbocycles. The molecule has 8 heteroatoms. The Bertz CT molecular complexity index is 1450. The zero-order chi connectivity index (χ0) is 26.5. The largest absolute Gasteiger partial charge is 0.467 e. The number of sulfonamides is 1. The van der Waals surface area contributed by atoms with Gasteiger partial charge in [0, 0.05) is 10.2 Å². The number of anilines is 1. The van der Waals surface area contributed by atoms with Gasteiger partial charge in [-0.15, -0.1) is 0 Å². The molecule has 0 heterocycles. The lowest BCUT2D eigenvalue weighted by molar-refractivity contribution is -0.147. The van der Waals surface area contributed by atoms with Crippen LogP contribution in [0.4, 0.5) is 5.69 Å². The number of esters is 1. The summed E-state index contributed by atoms with van der Waals surface area (Å²) in [6.07, 6.45) is 0. The van der Waals surface area contributed by atoms with E-state index in [-0.39, 0.29) is 4.90 Å². The van der Waals surface area contributed by atoms with Crippen LogP contribution in [0.3, 0.4) is 0 Å². The molecule has 0 saturated carbocycles.